The van der Waals surface area contributed by atoms with Crippen LogP contribution in [0, 0.1) is 11.2 Å². The lowest BCUT2D eigenvalue weighted by atomic mass is 9.90. The second-order valence-corrected chi connectivity index (χ2v) is 8.50. The predicted octanol–water partition coefficient (Wildman–Crippen LogP) is 2.92. The summed E-state index contributed by atoms with van der Waals surface area (Å²) in [5.74, 6) is 0.466. The maximum atomic E-state index is 14.4. The molecule has 2 aromatic heterocycles. The van der Waals surface area contributed by atoms with Crippen molar-refractivity contribution in [2.75, 3.05) is 20.3 Å². The molecule has 0 amide bonds. The van der Waals surface area contributed by atoms with Crippen molar-refractivity contribution in [2.45, 2.75) is 18.8 Å². The summed E-state index contributed by atoms with van der Waals surface area (Å²) in [5, 5.41) is 12.1. The van der Waals surface area contributed by atoms with Crippen LogP contribution in [0.4, 0.5) is 4.39 Å². The number of nitrogens with one attached hydrogen (secondary N) is 2. The van der Waals surface area contributed by atoms with Crippen LogP contribution in [0.25, 0.3) is 5.82 Å². The van der Waals surface area contributed by atoms with Crippen LogP contribution >= 0.6 is 0 Å². The second-order valence-electron chi connectivity index (χ2n) is 8.50. The molecule has 0 spiro atoms. The molecule has 10 nitrogen and oxygen atoms in total. The number of benzene rings is 2. The summed E-state index contributed by atoms with van der Waals surface area (Å²) in [5.41, 5.74) is 7.23. The third-order valence-electron chi connectivity index (χ3n) is 6.07. The van der Waals surface area contributed by atoms with E-state index in [1.165, 1.54) is 18.3 Å². The third-order valence-corrected chi connectivity index (χ3v) is 6.07. The molecule has 0 saturated heterocycles. The number of aromatic amines is 1. The highest BCUT2D eigenvalue weighted by molar-refractivity contribution is 5.94. The Bertz CT molecular complexity index is 1500. The molecule has 1 aliphatic heterocycles. The van der Waals surface area contributed by atoms with E-state index < -0.39 is 17.4 Å². The highest BCUT2D eigenvalue weighted by Gasteiger charge is 2.26. The van der Waals surface area contributed by atoms with Crippen molar-refractivity contribution in [3.63, 3.8) is 0 Å². The Balaban J connectivity index is 1.62. The largest absolute Gasteiger partial charge is 0.493 e. The summed E-state index contributed by atoms with van der Waals surface area (Å²) in [6, 6.07) is 13.6. The zero-order chi connectivity index (χ0) is 25.9. The lowest BCUT2D eigenvalue weighted by Crippen LogP contribution is -2.18. The van der Waals surface area contributed by atoms with Gasteiger partial charge in [-0.15, -0.1) is 5.10 Å². The normalized spacial score (nSPS) is 13.6. The van der Waals surface area contributed by atoms with Crippen molar-refractivity contribution in [1.29, 1.82) is 5.41 Å². The van der Waals surface area contributed by atoms with Gasteiger partial charge < -0.3 is 19.9 Å². The van der Waals surface area contributed by atoms with Crippen LogP contribution in [0.1, 0.15) is 34.9 Å². The Morgan fingerprint density at radius 3 is 2.76 bits per heavy atom. The number of ether oxygens (including phenoxy) is 3. The van der Waals surface area contributed by atoms with Crippen LogP contribution in [0.15, 0.2) is 59.5 Å². The molecule has 0 aliphatic carbocycles. The second kappa shape index (κ2) is 10.1. The minimum atomic E-state index is -0.670. The molecule has 0 saturated carbocycles. The van der Waals surface area contributed by atoms with E-state index in [1.807, 2.05) is 24.3 Å². The van der Waals surface area contributed by atoms with Crippen LogP contribution in [0.3, 0.4) is 0 Å². The lowest BCUT2D eigenvalue weighted by Gasteiger charge is -2.19. The molecule has 0 radical (unpaired) electrons. The first kappa shape index (κ1) is 24.0. The average molecular weight is 505 g/mol. The molecule has 190 valence electrons. The van der Waals surface area contributed by atoms with Crippen LogP contribution < -0.4 is 25.6 Å². The smallest absolute Gasteiger partial charge is 0.349 e. The van der Waals surface area contributed by atoms with E-state index in [2.05, 4.69) is 15.1 Å². The summed E-state index contributed by atoms with van der Waals surface area (Å²) in [4.78, 5) is 19.6. The fourth-order valence-corrected chi connectivity index (χ4v) is 4.22. The molecule has 4 N–H and O–H groups in total. The van der Waals surface area contributed by atoms with Crippen molar-refractivity contribution in [3.8, 4) is 23.1 Å². The van der Waals surface area contributed by atoms with E-state index in [-0.39, 0.29) is 11.7 Å². The van der Waals surface area contributed by atoms with E-state index in [1.54, 1.807) is 19.2 Å². The summed E-state index contributed by atoms with van der Waals surface area (Å²) < 4.78 is 32.7. The minimum Gasteiger partial charge on any atom is -0.493 e. The van der Waals surface area contributed by atoms with Crippen LogP contribution in [-0.4, -0.2) is 45.9 Å². The number of fused-ring (bicyclic) bond motifs is 1. The molecule has 1 atom stereocenters. The maximum absolute atomic E-state index is 14.4. The standard InChI is InChI=1S/C26H25FN6O4/c1-35-20-13-17(14-21-22(20)37-11-3-10-36-21)18(12-15-5-7-16(8-6-15)23(28)29)24-31-26(34)33(32-24)25-19(27)4-2-9-30-25/h2,4-9,13-14,18H,3,10-12H2,1H3,(H3,28,29)(H,31,32,34). The van der Waals surface area contributed by atoms with E-state index >= 15 is 0 Å². The Kier molecular flexibility index (Phi) is 6.59. The molecule has 5 rings (SSSR count). The Hall–Kier alpha value is -4.67. The summed E-state index contributed by atoms with van der Waals surface area (Å²) >= 11 is 0. The van der Waals surface area contributed by atoms with Gasteiger partial charge in [-0.2, -0.15) is 4.68 Å². The molecule has 1 aliphatic rings. The van der Waals surface area contributed by atoms with Gasteiger partial charge in [-0.3, -0.25) is 10.4 Å². The number of amidine groups is 1. The molecule has 2 aromatic carbocycles. The number of H-pyrrole nitrogens is 1. The minimum absolute atomic E-state index is 0.0313. The topological polar surface area (TPSA) is 141 Å². The highest BCUT2D eigenvalue weighted by Crippen LogP contribution is 2.43. The average Bonchev–Trinajstić information content (AvgIpc) is 3.12. The van der Waals surface area contributed by atoms with Gasteiger partial charge in [-0.05, 0) is 41.8 Å². The van der Waals surface area contributed by atoms with Crippen molar-refractivity contribution in [2.24, 2.45) is 5.73 Å². The van der Waals surface area contributed by atoms with Gasteiger partial charge >= 0.3 is 5.69 Å². The molecule has 1 unspecified atom stereocenters. The van der Waals surface area contributed by atoms with Crippen LogP contribution in [0.5, 0.6) is 17.2 Å². The molecule has 37 heavy (non-hydrogen) atoms. The zero-order valence-electron chi connectivity index (χ0n) is 20.0. The molecular weight excluding hydrogens is 479 g/mol. The first-order chi connectivity index (χ1) is 17.9. The molecule has 4 aromatic rings. The first-order valence-electron chi connectivity index (χ1n) is 11.7. The van der Waals surface area contributed by atoms with E-state index in [9.17, 15) is 9.18 Å². The number of nitrogen functional groups attached to an aromatic ring is 1. The van der Waals surface area contributed by atoms with Crippen molar-refractivity contribution in [3.05, 3.63) is 93.5 Å². The molecule has 0 bridgehead atoms. The molecular formula is C26H25FN6O4. The molecule has 0 fully saturated rings. The fourth-order valence-electron chi connectivity index (χ4n) is 4.22. The van der Waals surface area contributed by atoms with Gasteiger partial charge in [-0.1, -0.05) is 24.3 Å². The number of nitrogens with zero attached hydrogens (tertiary/aromatic N) is 3. The van der Waals surface area contributed by atoms with Gasteiger partial charge in [0.1, 0.15) is 11.7 Å². The quantitative estimate of drug-likeness (QED) is 0.260. The zero-order valence-corrected chi connectivity index (χ0v) is 20.0. The highest BCUT2D eigenvalue weighted by atomic mass is 19.1. The Morgan fingerprint density at radius 2 is 2.03 bits per heavy atom. The van der Waals surface area contributed by atoms with E-state index in [0.29, 0.717) is 48.3 Å². The number of rotatable bonds is 7. The van der Waals surface area contributed by atoms with Crippen LogP contribution in [-0.2, 0) is 6.42 Å². The maximum Gasteiger partial charge on any atom is 0.349 e. The van der Waals surface area contributed by atoms with Gasteiger partial charge in [0.05, 0.1) is 20.3 Å². The van der Waals surface area contributed by atoms with Gasteiger partial charge in [-0.25, -0.2) is 14.2 Å². The number of aromatic nitrogens is 4. The van der Waals surface area contributed by atoms with Crippen molar-refractivity contribution < 1.29 is 18.6 Å². The number of methoxy groups -OCH3 is 1. The Morgan fingerprint density at radius 1 is 1.24 bits per heavy atom. The van der Waals surface area contributed by atoms with Crippen LogP contribution in [0.2, 0.25) is 0 Å². The SMILES string of the molecule is COc1cc(C(Cc2ccc(C(=N)N)cc2)c2nn(-c3ncccc3F)c(=O)[nH]2)cc2c1OCCCO2. The van der Waals surface area contributed by atoms with Gasteiger partial charge in [0.15, 0.2) is 23.1 Å². The summed E-state index contributed by atoms with van der Waals surface area (Å²) in [6.07, 6.45) is 2.53. The number of halogens is 1. The van der Waals surface area contributed by atoms with Gasteiger partial charge in [0.2, 0.25) is 5.75 Å². The van der Waals surface area contributed by atoms with Crippen molar-refractivity contribution >= 4 is 5.84 Å². The summed E-state index contributed by atoms with van der Waals surface area (Å²) in [6.45, 7) is 0.989. The number of hydrogen-bond acceptors (Lipinski definition) is 7. The Labute approximate surface area is 211 Å². The molecule has 11 heteroatoms. The van der Waals surface area contributed by atoms with Crippen molar-refractivity contribution in [1.82, 2.24) is 19.7 Å². The monoisotopic (exact) mass is 504 g/mol. The predicted molar refractivity (Wildman–Crippen MR) is 134 cm³/mol. The fraction of sp³-hybridized carbons (Fsp3) is 0.231. The number of hydrogen-bond donors (Lipinski definition) is 3. The number of pyridine rings is 1. The third kappa shape index (κ3) is 4.88. The summed E-state index contributed by atoms with van der Waals surface area (Å²) in [7, 11) is 1.55. The van der Waals surface area contributed by atoms with E-state index in [0.717, 1.165) is 22.2 Å². The van der Waals surface area contributed by atoms with Gasteiger partial charge in [0.25, 0.3) is 0 Å². The molecule has 3 heterocycles. The first-order valence-corrected chi connectivity index (χ1v) is 11.7. The lowest BCUT2D eigenvalue weighted by molar-refractivity contribution is 0.289. The number of nitrogens with two attached hydrogens (primary N) is 1. The van der Waals surface area contributed by atoms with Gasteiger partial charge in [0, 0.05) is 24.1 Å². The van der Waals surface area contributed by atoms with E-state index in [4.69, 9.17) is 25.4 Å².